The van der Waals surface area contributed by atoms with Crippen molar-refractivity contribution in [1.29, 1.82) is 0 Å². The van der Waals surface area contributed by atoms with E-state index in [-0.39, 0.29) is 12.3 Å². The summed E-state index contributed by atoms with van der Waals surface area (Å²) in [7, 11) is 0. The number of amides is 3. The lowest BCUT2D eigenvalue weighted by Gasteiger charge is -2.25. The van der Waals surface area contributed by atoms with Crippen molar-refractivity contribution in [2.45, 2.75) is 44.8 Å². The molecule has 3 atom stereocenters. The van der Waals surface area contributed by atoms with E-state index in [0.717, 1.165) is 0 Å². The van der Waals surface area contributed by atoms with Gasteiger partial charge in [0.2, 0.25) is 17.7 Å². The number of carboxylic acid groups (broad SMARTS) is 1. The Hall–Kier alpha value is -2.60. The minimum atomic E-state index is -1.19. The smallest absolute Gasteiger partial charge is 0.322 e. The molecule has 3 amide bonds. The number of carboxylic acids is 1. The highest BCUT2D eigenvalue weighted by molar-refractivity contribution is 7.98. The summed E-state index contributed by atoms with van der Waals surface area (Å²) in [5, 5.41) is 16.2. The van der Waals surface area contributed by atoms with Crippen LogP contribution in [0.3, 0.4) is 0 Å². The van der Waals surface area contributed by atoms with Gasteiger partial charge in [0.1, 0.15) is 18.6 Å². The fourth-order valence-corrected chi connectivity index (χ4v) is 3.03. The van der Waals surface area contributed by atoms with Gasteiger partial charge in [0.05, 0.1) is 12.4 Å². The first kappa shape index (κ1) is 25.4. The molecule has 168 valence electrons. The fourth-order valence-electron chi connectivity index (χ4n) is 2.54. The van der Waals surface area contributed by atoms with E-state index in [9.17, 15) is 19.2 Å². The molecule has 3 unspecified atom stereocenters. The number of thioether (sulfide) groups is 1. The van der Waals surface area contributed by atoms with E-state index in [1.54, 1.807) is 25.6 Å². The molecule has 1 aromatic heterocycles. The highest BCUT2D eigenvalue weighted by Gasteiger charge is 2.30. The average Bonchev–Trinajstić information content (AvgIpc) is 3.20. The van der Waals surface area contributed by atoms with Crippen LogP contribution in [0.5, 0.6) is 0 Å². The monoisotopic (exact) mass is 442 g/mol. The number of carbonyl (C=O) groups is 4. The zero-order valence-corrected chi connectivity index (χ0v) is 18.1. The molecule has 0 spiro atoms. The standard InChI is InChI=1S/C18H30N6O5S/c1-10(2)15(18(29)21-8-14(25)26)24-17(28)13(6-11-7-20-9-22-11)23-16(27)12(19)4-5-30-3/h7,9-10,12-13,15H,4-6,8,19H2,1-3H3,(H,20,22)(H,21,29)(H,23,27)(H,24,28)(H,25,26). The number of aliphatic carboxylic acids is 1. The van der Waals surface area contributed by atoms with Gasteiger partial charge in [-0.3, -0.25) is 19.2 Å². The largest absolute Gasteiger partial charge is 0.480 e. The van der Waals surface area contributed by atoms with Crippen molar-refractivity contribution in [3.8, 4) is 0 Å². The molecule has 0 aromatic carbocycles. The molecule has 7 N–H and O–H groups in total. The number of nitrogens with two attached hydrogens (primary N) is 1. The number of aromatic amines is 1. The molecule has 0 aliphatic heterocycles. The summed E-state index contributed by atoms with van der Waals surface area (Å²) < 4.78 is 0. The van der Waals surface area contributed by atoms with Crippen molar-refractivity contribution in [1.82, 2.24) is 25.9 Å². The average molecular weight is 443 g/mol. The van der Waals surface area contributed by atoms with Crippen LogP contribution in [-0.2, 0) is 25.6 Å². The van der Waals surface area contributed by atoms with Gasteiger partial charge in [0, 0.05) is 18.3 Å². The Morgan fingerprint density at radius 3 is 2.43 bits per heavy atom. The second kappa shape index (κ2) is 12.9. The lowest BCUT2D eigenvalue weighted by molar-refractivity contribution is -0.139. The summed E-state index contributed by atoms with van der Waals surface area (Å²) in [4.78, 5) is 55.1. The fraction of sp³-hybridized carbons (Fsp3) is 0.611. The Labute approximate surface area is 179 Å². The molecular formula is C18H30N6O5S. The van der Waals surface area contributed by atoms with Crippen molar-refractivity contribution >= 4 is 35.5 Å². The van der Waals surface area contributed by atoms with E-state index >= 15 is 0 Å². The van der Waals surface area contributed by atoms with Gasteiger partial charge in [-0.05, 0) is 24.3 Å². The first-order valence-electron chi connectivity index (χ1n) is 9.47. The maximum atomic E-state index is 12.9. The summed E-state index contributed by atoms with van der Waals surface area (Å²) >= 11 is 1.56. The Balaban J connectivity index is 2.89. The van der Waals surface area contributed by atoms with Gasteiger partial charge in [0.25, 0.3) is 0 Å². The topological polar surface area (TPSA) is 179 Å². The quantitative estimate of drug-likeness (QED) is 0.222. The van der Waals surface area contributed by atoms with E-state index in [1.165, 1.54) is 12.5 Å². The van der Waals surface area contributed by atoms with Crippen LogP contribution >= 0.6 is 11.8 Å². The maximum absolute atomic E-state index is 12.9. The second-order valence-corrected chi connectivity index (χ2v) is 8.06. The lowest BCUT2D eigenvalue weighted by atomic mass is 10.0. The number of aromatic nitrogens is 2. The van der Waals surface area contributed by atoms with Crippen molar-refractivity contribution < 1.29 is 24.3 Å². The molecule has 1 rings (SSSR count). The van der Waals surface area contributed by atoms with Gasteiger partial charge in [0.15, 0.2) is 0 Å². The van der Waals surface area contributed by atoms with Crippen LogP contribution in [-0.4, -0.2) is 75.4 Å². The number of nitrogens with zero attached hydrogens (tertiary/aromatic N) is 1. The molecule has 12 heteroatoms. The third kappa shape index (κ3) is 8.82. The maximum Gasteiger partial charge on any atom is 0.322 e. The minimum Gasteiger partial charge on any atom is -0.480 e. The summed E-state index contributed by atoms with van der Waals surface area (Å²) in [5.74, 6) is -2.48. The first-order chi connectivity index (χ1) is 14.1. The highest BCUT2D eigenvalue weighted by Crippen LogP contribution is 2.06. The van der Waals surface area contributed by atoms with Crippen LogP contribution in [0.1, 0.15) is 26.0 Å². The van der Waals surface area contributed by atoms with Gasteiger partial charge in [-0.2, -0.15) is 11.8 Å². The van der Waals surface area contributed by atoms with Crippen LogP contribution in [0.2, 0.25) is 0 Å². The van der Waals surface area contributed by atoms with Crippen LogP contribution < -0.4 is 21.7 Å². The zero-order valence-electron chi connectivity index (χ0n) is 17.3. The highest BCUT2D eigenvalue weighted by atomic mass is 32.2. The Bertz CT molecular complexity index is 712. The molecule has 11 nitrogen and oxygen atoms in total. The van der Waals surface area contributed by atoms with Gasteiger partial charge < -0.3 is 31.8 Å². The molecule has 0 fully saturated rings. The van der Waals surface area contributed by atoms with E-state index in [2.05, 4.69) is 25.9 Å². The molecule has 1 heterocycles. The molecule has 30 heavy (non-hydrogen) atoms. The molecule has 0 saturated heterocycles. The van der Waals surface area contributed by atoms with Crippen LogP contribution in [0, 0.1) is 5.92 Å². The predicted molar refractivity (Wildman–Crippen MR) is 113 cm³/mol. The van der Waals surface area contributed by atoms with Gasteiger partial charge in [-0.15, -0.1) is 0 Å². The summed E-state index contributed by atoms with van der Waals surface area (Å²) in [6.07, 6.45) is 5.46. The van der Waals surface area contributed by atoms with Crippen molar-refractivity contribution in [3.63, 3.8) is 0 Å². The first-order valence-corrected chi connectivity index (χ1v) is 10.9. The molecule has 0 radical (unpaired) electrons. The second-order valence-electron chi connectivity index (χ2n) is 7.07. The number of hydrogen-bond donors (Lipinski definition) is 6. The Morgan fingerprint density at radius 2 is 1.90 bits per heavy atom. The van der Waals surface area contributed by atoms with Crippen LogP contribution in [0.15, 0.2) is 12.5 Å². The summed E-state index contributed by atoms with van der Waals surface area (Å²) in [5.41, 5.74) is 6.51. The number of H-pyrrole nitrogens is 1. The van der Waals surface area contributed by atoms with Crippen molar-refractivity contribution in [2.75, 3.05) is 18.6 Å². The summed E-state index contributed by atoms with van der Waals surface area (Å²) in [6.45, 7) is 2.87. The van der Waals surface area contributed by atoms with Gasteiger partial charge >= 0.3 is 5.97 Å². The summed E-state index contributed by atoms with van der Waals surface area (Å²) in [6, 6.07) is -2.73. The van der Waals surface area contributed by atoms with Crippen LogP contribution in [0.4, 0.5) is 0 Å². The SMILES string of the molecule is CSCCC(N)C(=O)NC(Cc1cnc[nH]1)C(=O)NC(C(=O)NCC(=O)O)C(C)C. The van der Waals surface area contributed by atoms with E-state index in [4.69, 9.17) is 10.8 Å². The van der Waals surface area contributed by atoms with Crippen molar-refractivity contribution in [3.05, 3.63) is 18.2 Å². The molecular weight excluding hydrogens is 412 g/mol. The lowest BCUT2D eigenvalue weighted by Crippen LogP contribution is -2.58. The van der Waals surface area contributed by atoms with E-state index in [1.807, 2.05) is 6.26 Å². The van der Waals surface area contributed by atoms with E-state index < -0.39 is 48.4 Å². The number of imidazole rings is 1. The Kier molecular flexibility index (Phi) is 10.9. The zero-order chi connectivity index (χ0) is 22.7. The van der Waals surface area contributed by atoms with Gasteiger partial charge in [-0.1, -0.05) is 13.8 Å². The Morgan fingerprint density at radius 1 is 1.20 bits per heavy atom. The third-order valence-corrected chi connectivity index (χ3v) is 4.89. The number of carbonyl (C=O) groups excluding carboxylic acids is 3. The molecule has 0 bridgehead atoms. The molecule has 1 aromatic rings. The molecule has 0 saturated carbocycles. The number of nitrogens with one attached hydrogen (secondary N) is 4. The predicted octanol–water partition coefficient (Wildman–Crippen LogP) is -1.14. The third-order valence-electron chi connectivity index (χ3n) is 4.24. The van der Waals surface area contributed by atoms with E-state index in [0.29, 0.717) is 17.9 Å². The number of hydrogen-bond acceptors (Lipinski definition) is 7. The normalized spacial score (nSPS) is 13.9. The minimum absolute atomic E-state index is 0.119. The van der Waals surface area contributed by atoms with Crippen molar-refractivity contribution in [2.24, 2.45) is 11.7 Å². The van der Waals surface area contributed by atoms with Crippen LogP contribution in [0.25, 0.3) is 0 Å². The molecule has 0 aliphatic carbocycles. The molecule has 0 aliphatic rings. The number of rotatable bonds is 13. The van der Waals surface area contributed by atoms with Gasteiger partial charge in [-0.25, -0.2) is 4.98 Å².